The Kier molecular flexibility index (Phi) is 8.35. The third kappa shape index (κ3) is 4.54. The lowest BCUT2D eigenvalue weighted by Gasteiger charge is -2.23. The predicted octanol–water partition coefficient (Wildman–Crippen LogP) is 11.8. The van der Waals surface area contributed by atoms with Crippen LogP contribution in [0.15, 0.2) is 11.1 Å². The summed E-state index contributed by atoms with van der Waals surface area (Å²) in [6, 6.07) is 0. The average Bonchev–Trinajstić information content (AvgIpc) is 3.71. The lowest BCUT2D eigenvalue weighted by Crippen LogP contribution is -2.08. The van der Waals surface area contributed by atoms with E-state index in [9.17, 15) is 0 Å². The summed E-state index contributed by atoms with van der Waals surface area (Å²) in [6.45, 7) is 37.9. The smallest absolute Gasteiger partial charge is 0.129 e. The minimum atomic E-state index is -0.0616. The number of rotatable bonds is 4. The Bertz CT molecular complexity index is 1560. The fraction of sp³-hybridized carbons (Fsp3) is 0.463. The second kappa shape index (κ2) is 11.0. The van der Waals surface area contributed by atoms with Gasteiger partial charge in [-0.05, 0) is 234 Å². The summed E-state index contributed by atoms with van der Waals surface area (Å²) in [4.78, 5) is 0. The fourth-order valence-corrected chi connectivity index (χ4v) is 8.19. The number of allylic oxidation sites excluding steroid dienone is 4. The van der Waals surface area contributed by atoms with Crippen molar-refractivity contribution in [1.82, 2.24) is 0 Å². The first-order valence-electron chi connectivity index (χ1n) is 15.7. The number of hydrogen-bond acceptors (Lipinski definition) is 0. The minimum Gasteiger partial charge on any atom is -0.206 e. The van der Waals surface area contributed by atoms with E-state index in [1.54, 1.807) is 0 Å². The van der Waals surface area contributed by atoms with Gasteiger partial charge in [-0.15, -0.1) is 0 Å². The van der Waals surface area contributed by atoms with E-state index in [2.05, 4.69) is 104 Å². The maximum absolute atomic E-state index is 15.5. The number of benzene rings is 3. The fourth-order valence-electron chi connectivity index (χ4n) is 8.19. The quantitative estimate of drug-likeness (QED) is 0.296. The molecule has 224 valence electrons. The van der Waals surface area contributed by atoms with Crippen LogP contribution in [0.2, 0.25) is 0 Å². The predicted molar refractivity (Wildman–Crippen MR) is 183 cm³/mol. The van der Waals surface area contributed by atoms with E-state index in [0.717, 1.165) is 22.3 Å². The van der Waals surface area contributed by atoms with Crippen molar-refractivity contribution in [2.24, 2.45) is 5.92 Å². The molecule has 1 fully saturated rings. The molecule has 0 aromatic heterocycles. The van der Waals surface area contributed by atoms with Gasteiger partial charge in [0.25, 0.3) is 0 Å². The van der Waals surface area contributed by atoms with Crippen LogP contribution in [-0.2, 0) is 0 Å². The first-order chi connectivity index (χ1) is 19.4. The van der Waals surface area contributed by atoms with Gasteiger partial charge >= 0.3 is 0 Å². The van der Waals surface area contributed by atoms with Crippen LogP contribution < -0.4 is 0 Å². The van der Waals surface area contributed by atoms with E-state index < -0.39 is 0 Å². The Labute approximate surface area is 256 Å². The number of halogens is 1. The molecule has 0 amide bonds. The summed E-state index contributed by atoms with van der Waals surface area (Å²) in [7, 11) is 0. The van der Waals surface area contributed by atoms with Gasteiger partial charge in [0.05, 0.1) is 0 Å². The monoisotopic (exact) mass is 564 g/mol. The Morgan fingerprint density at radius 3 is 1.10 bits per heavy atom. The highest BCUT2D eigenvalue weighted by atomic mass is 19.1. The summed E-state index contributed by atoms with van der Waals surface area (Å²) >= 11 is 0. The minimum absolute atomic E-state index is 0.0616. The first-order valence-corrected chi connectivity index (χ1v) is 15.7. The van der Waals surface area contributed by atoms with E-state index in [-0.39, 0.29) is 5.82 Å². The van der Waals surface area contributed by atoms with Gasteiger partial charge in [0.15, 0.2) is 0 Å². The molecule has 0 spiro atoms. The van der Waals surface area contributed by atoms with Crippen LogP contribution in [0.1, 0.15) is 121 Å². The molecule has 0 aliphatic heterocycles. The van der Waals surface area contributed by atoms with Gasteiger partial charge in [0, 0.05) is 5.92 Å². The average molecular weight is 565 g/mol. The van der Waals surface area contributed by atoms with Crippen LogP contribution in [0.4, 0.5) is 4.39 Å². The second-order valence-corrected chi connectivity index (χ2v) is 13.6. The third-order valence-corrected chi connectivity index (χ3v) is 11.9. The largest absolute Gasteiger partial charge is 0.206 e. The lowest BCUT2D eigenvalue weighted by molar-refractivity contribution is 0.606. The normalized spacial score (nSPS) is 18.0. The molecule has 0 radical (unpaired) electrons. The molecule has 1 saturated carbocycles. The van der Waals surface area contributed by atoms with Crippen molar-refractivity contribution in [2.45, 2.75) is 124 Å². The van der Waals surface area contributed by atoms with Crippen molar-refractivity contribution >= 4 is 11.1 Å². The zero-order chi connectivity index (χ0) is 31.9. The molecule has 2 atom stereocenters. The summed E-state index contributed by atoms with van der Waals surface area (Å²) in [5.74, 6) is 0.560. The van der Waals surface area contributed by atoms with Gasteiger partial charge in [0.2, 0.25) is 0 Å². The molecule has 1 aliphatic rings. The van der Waals surface area contributed by atoms with Crippen molar-refractivity contribution in [3.05, 3.63) is 112 Å². The van der Waals surface area contributed by atoms with Crippen molar-refractivity contribution in [3.8, 4) is 0 Å². The van der Waals surface area contributed by atoms with Crippen molar-refractivity contribution in [1.29, 1.82) is 0 Å². The van der Waals surface area contributed by atoms with Gasteiger partial charge < -0.3 is 0 Å². The summed E-state index contributed by atoms with van der Waals surface area (Å²) in [5.41, 5.74) is 27.3. The SMILES string of the molecule is CC(=C1/C(=C(\C)c2c(C)c(C)c(C)c(C)c2C)C1C(C)c1c(C)c(C)c(C)c(C)c1C)c1c(C)c(C)c(C)c(F)c1C. The van der Waals surface area contributed by atoms with Crippen LogP contribution in [0.25, 0.3) is 11.1 Å². The Balaban J connectivity index is 2.11. The Hall–Kier alpha value is -2.93. The first kappa shape index (κ1) is 32.0. The standard InChI is InChI=1S/C41H53F/c1-18-20(3)25(8)35(26(9)21(18)4)31(14)38-39(32(15)36-27(10)22(5)19(2)23(6)28(36)11)40(38)33(16)37-29(12)24(7)30(13)41(42)34(37)17/h31,38H,1-17H3/b39-32+,40-33?. The molecule has 0 heterocycles. The highest BCUT2D eigenvalue weighted by molar-refractivity contribution is 5.92. The highest BCUT2D eigenvalue weighted by Gasteiger charge is 2.46. The molecule has 1 heteroatoms. The molecular weight excluding hydrogens is 511 g/mol. The van der Waals surface area contributed by atoms with E-state index in [0.29, 0.717) is 11.8 Å². The molecule has 0 saturated heterocycles. The van der Waals surface area contributed by atoms with Gasteiger partial charge in [-0.2, -0.15) is 0 Å². The Morgan fingerprint density at radius 2 is 0.714 bits per heavy atom. The summed E-state index contributed by atoms with van der Waals surface area (Å²) < 4.78 is 15.5. The molecule has 4 rings (SSSR count). The van der Waals surface area contributed by atoms with Crippen molar-refractivity contribution in [3.63, 3.8) is 0 Å². The Morgan fingerprint density at radius 1 is 0.429 bits per heavy atom. The molecule has 3 aromatic rings. The van der Waals surface area contributed by atoms with E-state index in [4.69, 9.17) is 0 Å². The topological polar surface area (TPSA) is 0 Å². The summed E-state index contributed by atoms with van der Waals surface area (Å²) in [5, 5.41) is 0. The lowest BCUT2D eigenvalue weighted by atomic mass is 9.81. The molecule has 0 N–H and O–H groups in total. The highest BCUT2D eigenvalue weighted by Crippen LogP contribution is 2.61. The van der Waals surface area contributed by atoms with Crippen molar-refractivity contribution in [2.75, 3.05) is 0 Å². The molecule has 0 nitrogen and oxygen atoms in total. The second-order valence-electron chi connectivity index (χ2n) is 13.6. The van der Waals surface area contributed by atoms with Crippen LogP contribution in [0.3, 0.4) is 0 Å². The molecule has 2 unspecified atom stereocenters. The van der Waals surface area contributed by atoms with Gasteiger partial charge in [-0.1, -0.05) is 6.92 Å². The zero-order valence-corrected chi connectivity index (χ0v) is 29.5. The van der Waals surface area contributed by atoms with Gasteiger partial charge in [-0.3, -0.25) is 0 Å². The summed E-state index contributed by atoms with van der Waals surface area (Å²) in [6.07, 6.45) is 0. The van der Waals surface area contributed by atoms with Crippen molar-refractivity contribution < 1.29 is 4.39 Å². The van der Waals surface area contributed by atoms with Crippen LogP contribution in [-0.4, -0.2) is 0 Å². The van der Waals surface area contributed by atoms with E-state index in [1.165, 1.54) is 94.6 Å². The maximum Gasteiger partial charge on any atom is 0.129 e. The van der Waals surface area contributed by atoms with E-state index >= 15 is 4.39 Å². The maximum atomic E-state index is 15.5. The van der Waals surface area contributed by atoms with Gasteiger partial charge in [-0.25, -0.2) is 4.39 Å². The van der Waals surface area contributed by atoms with Gasteiger partial charge in [0.1, 0.15) is 5.82 Å². The van der Waals surface area contributed by atoms with Crippen LogP contribution in [0.5, 0.6) is 0 Å². The molecule has 1 aliphatic carbocycles. The van der Waals surface area contributed by atoms with E-state index in [1.807, 2.05) is 13.8 Å². The molecule has 0 bridgehead atoms. The molecule has 3 aromatic carbocycles. The zero-order valence-electron chi connectivity index (χ0n) is 29.5. The van der Waals surface area contributed by atoms with Crippen LogP contribution in [0, 0.1) is 109 Å². The molecule has 42 heavy (non-hydrogen) atoms. The third-order valence-electron chi connectivity index (χ3n) is 11.9. The molecular formula is C41H53F. The number of hydrogen-bond donors (Lipinski definition) is 0. The van der Waals surface area contributed by atoms with Crippen LogP contribution >= 0.6 is 0 Å².